The van der Waals surface area contributed by atoms with Crippen molar-refractivity contribution in [1.29, 1.82) is 0 Å². The van der Waals surface area contributed by atoms with E-state index in [0.717, 1.165) is 16.9 Å². The highest BCUT2D eigenvalue weighted by atomic mass is 19.4. The van der Waals surface area contributed by atoms with Crippen LogP contribution in [-0.2, 0) is 13.2 Å². The highest BCUT2D eigenvalue weighted by Crippen LogP contribution is 2.38. The number of hydrogen-bond donors (Lipinski definition) is 2. The Morgan fingerprint density at radius 2 is 1.92 bits per heavy atom. The third-order valence-corrected chi connectivity index (χ3v) is 6.44. The van der Waals surface area contributed by atoms with Gasteiger partial charge in [-0.1, -0.05) is 12.1 Å². The van der Waals surface area contributed by atoms with Crippen LogP contribution in [0.2, 0.25) is 0 Å². The number of rotatable bonds is 4. The smallest absolute Gasteiger partial charge is 0.382 e. The van der Waals surface area contributed by atoms with Crippen LogP contribution in [0.1, 0.15) is 32.0 Å². The van der Waals surface area contributed by atoms with E-state index in [1.807, 2.05) is 0 Å². The predicted molar refractivity (Wildman–Crippen MR) is 128 cm³/mol. The number of aryl methyl sites for hydroxylation is 2. The van der Waals surface area contributed by atoms with E-state index < -0.39 is 41.3 Å². The topological polar surface area (TPSA) is 123 Å². The van der Waals surface area contributed by atoms with Crippen LogP contribution >= 0.6 is 0 Å². The molecule has 0 bridgehead atoms. The quantitative estimate of drug-likeness (QED) is 0.391. The number of fused-ring (bicyclic) bond motifs is 1. The van der Waals surface area contributed by atoms with Crippen LogP contribution in [0.5, 0.6) is 0 Å². The molecule has 0 saturated carbocycles. The number of anilines is 1. The van der Waals surface area contributed by atoms with E-state index in [1.165, 1.54) is 23.5 Å². The molecule has 1 aromatic carbocycles. The Hall–Kier alpha value is -4.49. The maximum atomic E-state index is 14.8. The molecule has 0 radical (unpaired) electrons. The molecule has 4 aromatic rings. The summed E-state index contributed by atoms with van der Waals surface area (Å²) in [4.78, 5) is 34.7. The normalized spacial score (nSPS) is 17.8. The van der Waals surface area contributed by atoms with Gasteiger partial charge in [-0.25, -0.2) is 18.9 Å². The fourth-order valence-corrected chi connectivity index (χ4v) is 4.51. The number of nitrogen functional groups attached to an aromatic ring is 1. The number of benzene rings is 1. The number of hydrogen-bond acceptors (Lipinski definition) is 6. The van der Waals surface area contributed by atoms with Crippen LogP contribution in [-0.4, -0.2) is 66.2 Å². The zero-order valence-corrected chi connectivity index (χ0v) is 20.2. The molecule has 4 heterocycles. The molecule has 2 atom stereocenters. The van der Waals surface area contributed by atoms with Crippen molar-refractivity contribution in [3.8, 4) is 11.3 Å². The van der Waals surface area contributed by atoms with E-state index in [4.69, 9.17) is 5.73 Å². The standard InChI is InChI=1S/C24H22F4N8O2/c1-12-3-4-13(19-6-15(24(26,27)28)20-21(29)30-10-32-36(19)20)5-14(12)22(37)33-17-9-35(7-16(17)25)23(38)18-8-34(2)11-31-18/h3-6,8,10-11,16-17H,7,9H2,1-2H3,(H,33,37)(H2,29,30,32)/t16-,17+/m0/s1. The van der Waals surface area contributed by atoms with E-state index in [9.17, 15) is 27.2 Å². The number of carbonyl (C=O) groups is 2. The largest absolute Gasteiger partial charge is 0.418 e. The summed E-state index contributed by atoms with van der Waals surface area (Å²) in [6.07, 6.45) is -2.22. The molecule has 0 aliphatic carbocycles. The van der Waals surface area contributed by atoms with Crippen molar-refractivity contribution >= 4 is 23.1 Å². The van der Waals surface area contributed by atoms with Crippen molar-refractivity contribution in [2.45, 2.75) is 25.3 Å². The zero-order valence-electron chi connectivity index (χ0n) is 20.2. The number of imidazole rings is 1. The van der Waals surface area contributed by atoms with Crippen LogP contribution < -0.4 is 11.1 Å². The minimum Gasteiger partial charge on any atom is -0.382 e. The van der Waals surface area contributed by atoms with Gasteiger partial charge >= 0.3 is 6.18 Å². The molecular weight excluding hydrogens is 508 g/mol. The SMILES string of the molecule is Cc1ccc(-c2cc(C(F)(F)F)c3c(N)ncnn23)cc1C(=O)N[C@@H]1CN(C(=O)c2cn(C)cn2)C[C@@H]1F. The van der Waals surface area contributed by atoms with Crippen LogP contribution in [0.4, 0.5) is 23.4 Å². The van der Waals surface area contributed by atoms with E-state index in [1.54, 1.807) is 30.7 Å². The molecule has 0 spiro atoms. The monoisotopic (exact) mass is 530 g/mol. The van der Waals surface area contributed by atoms with Crippen LogP contribution in [0.15, 0.2) is 43.1 Å². The Bertz CT molecular complexity index is 1560. The molecule has 1 aliphatic heterocycles. The lowest BCUT2D eigenvalue weighted by Crippen LogP contribution is -2.42. The van der Waals surface area contributed by atoms with Crippen LogP contribution in [0.25, 0.3) is 16.8 Å². The Labute approximate surface area is 213 Å². The number of likely N-dealkylation sites (tertiary alicyclic amines) is 1. The Kier molecular flexibility index (Phi) is 6.04. The summed E-state index contributed by atoms with van der Waals surface area (Å²) >= 11 is 0. The average Bonchev–Trinajstić information content (AvgIpc) is 3.56. The predicted octanol–water partition coefficient (Wildman–Crippen LogP) is 2.63. The highest BCUT2D eigenvalue weighted by Gasteiger charge is 2.38. The molecule has 3 N–H and O–H groups in total. The molecule has 198 valence electrons. The fraction of sp³-hybridized carbons (Fsp3) is 0.292. The molecule has 5 rings (SSSR count). The first-order valence-corrected chi connectivity index (χ1v) is 11.5. The van der Waals surface area contributed by atoms with Gasteiger partial charge in [-0.3, -0.25) is 9.59 Å². The van der Waals surface area contributed by atoms with Crippen molar-refractivity contribution in [3.63, 3.8) is 0 Å². The van der Waals surface area contributed by atoms with E-state index in [-0.39, 0.29) is 41.4 Å². The summed E-state index contributed by atoms with van der Waals surface area (Å²) in [6, 6.07) is 4.44. The second-order valence-electron chi connectivity index (χ2n) is 9.11. The van der Waals surface area contributed by atoms with Gasteiger partial charge < -0.3 is 20.5 Å². The second kappa shape index (κ2) is 9.11. The molecule has 1 saturated heterocycles. The fourth-order valence-electron chi connectivity index (χ4n) is 4.51. The summed E-state index contributed by atoms with van der Waals surface area (Å²) < 4.78 is 58.5. The van der Waals surface area contributed by atoms with E-state index in [2.05, 4.69) is 20.4 Å². The zero-order chi connectivity index (χ0) is 27.4. The first-order valence-electron chi connectivity index (χ1n) is 11.5. The number of nitrogens with zero attached hydrogens (tertiary/aromatic N) is 6. The number of aromatic nitrogens is 5. The molecule has 0 unspecified atom stereocenters. The first kappa shape index (κ1) is 25.2. The Balaban J connectivity index is 1.42. The summed E-state index contributed by atoms with van der Waals surface area (Å²) in [5.74, 6) is -1.43. The van der Waals surface area contributed by atoms with Crippen molar-refractivity contribution in [1.82, 2.24) is 34.4 Å². The maximum Gasteiger partial charge on any atom is 0.418 e. The lowest BCUT2D eigenvalue weighted by atomic mass is 10.0. The van der Waals surface area contributed by atoms with Crippen LogP contribution in [0.3, 0.4) is 0 Å². The minimum atomic E-state index is -4.72. The summed E-state index contributed by atoms with van der Waals surface area (Å²) in [5.41, 5.74) is 5.44. The van der Waals surface area contributed by atoms with Gasteiger partial charge in [0.2, 0.25) is 0 Å². The lowest BCUT2D eigenvalue weighted by Gasteiger charge is -2.17. The van der Waals surface area contributed by atoms with E-state index in [0.29, 0.717) is 5.56 Å². The molecule has 3 aromatic heterocycles. The average molecular weight is 530 g/mol. The van der Waals surface area contributed by atoms with Crippen molar-refractivity contribution in [2.24, 2.45) is 7.05 Å². The Morgan fingerprint density at radius 1 is 1.16 bits per heavy atom. The summed E-state index contributed by atoms with van der Waals surface area (Å²) in [7, 11) is 1.70. The molecular formula is C24H22F4N8O2. The number of amides is 2. The highest BCUT2D eigenvalue weighted by molar-refractivity contribution is 5.97. The molecule has 2 amide bonds. The molecule has 14 heteroatoms. The second-order valence-corrected chi connectivity index (χ2v) is 9.11. The number of alkyl halides is 4. The van der Waals surface area contributed by atoms with E-state index >= 15 is 0 Å². The molecule has 38 heavy (non-hydrogen) atoms. The van der Waals surface area contributed by atoms with Crippen LogP contribution in [0, 0.1) is 6.92 Å². The number of halogens is 4. The van der Waals surface area contributed by atoms with Gasteiger partial charge in [0.05, 0.1) is 30.2 Å². The third-order valence-electron chi connectivity index (χ3n) is 6.44. The van der Waals surface area contributed by atoms with Crippen molar-refractivity contribution < 1.29 is 27.2 Å². The third kappa shape index (κ3) is 4.41. The molecule has 1 aliphatic rings. The van der Waals surface area contributed by atoms with Gasteiger partial charge in [0.25, 0.3) is 11.8 Å². The molecule has 1 fully saturated rings. The van der Waals surface area contributed by atoms with Gasteiger partial charge in [0.1, 0.15) is 23.7 Å². The van der Waals surface area contributed by atoms with Crippen molar-refractivity contribution in [3.05, 3.63) is 65.5 Å². The van der Waals surface area contributed by atoms with Gasteiger partial charge in [-0.15, -0.1) is 0 Å². The van der Waals surface area contributed by atoms with Gasteiger partial charge in [-0.2, -0.15) is 18.3 Å². The maximum absolute atomic E-state index is 14.8. The number of carbonyl (C=O) groups excluding carboxylic acids is 2. The summed E-state index contributed by atoms with van der Waals surface area (Å²) in [6.45, 7) is 1.38. The van der Waals surface area contributed by atoms with Gasteiger partial charge in [0, 0.05) is 30.9 Å². The summed E-state index contributed by atoms with van der Waals surface area (Å²) in [5, 5.41) is 6.54. The Morgan fingerprint density at radius 3 is 2.61 bits per heavy atom. The molecule has 10 nitrogen and oxygen atoms in total. The first-order chi connectivity index (χ1) is 17.9. The number of nitrogens with two attached hydrogens (primary N) is 1. The van der Waals surface area contributed by atoms with Gasteiger partial charge in [-0.05, 0) is 24.6 Å². The van der Waals surface area contributed by atoms with Gasteiger partial charge in [0.15, 0.2) is 5.82 Å². The minimum absolute atomic E-state index is 0.0480. The number of nitrogens with one attached hydrogen (secondary N) is 1. The van der Waals surface area contributed by atoms with Crippen molar-refractivity contribution in [2.75, 3.05) is 18.8 Å². The lowest BCUT2D eigenvalue weighted by molar-refractivity contribution is -0.136.